The van der Waals surface area contributed by atoms with E-state index < -0.39 is 28.5 Å². The van der Waals surface area contributed by atoms with Crippen molar-refractivity contribution in [3.8, 4) is 5.75 Å². The van der Waals surface area contributed by atoms with Crippen molar-refractivity contribution in [3.63, 3.8) is 0 Å². The van der Waals surface area contributed by atoms with Gasteiger partial charge in [-0.25, -0.2) is 8.42 Å². The van der Waals surface area contributed by atoms with Crippen LogP contribution in [0.4, 0.5) is 5.69 Å². The van der Waals surface area contributed by atoms with Gasteiger partial charge in [0.05, 0.1) is 19.1 Å². The Labute approximate surface area is 215 Å². The molecule has 0 saturated heterocycles. The number of anilines is 1. The highest BCUT2D eigenvalue weighted by Gasteiger charge is 2.31. The second-order valence-corrected chi connectivity index (χ2v) is 11.4. The number of amides is 2. The second-order valence-electron chi connectivity index (χ2n) is 9.47. The van der Waals surface area contributed by atoms with E-state index in [4.69, 9.17) is 4.74 Å². The molecule has 0 spiro atoms. The fraction of sp³-hybridized carbons (Fsp3) is 0.481. The van der Waals surface area contributed by atoms with Crippen LogP contribution in [0.25, 0.3) is 0 Å². The Morgan fingerprint density at radius 2 is 1.67 bits per heavy atom. The number of carbonyl (C=O) groups is 2. The standard InChI is InChI=1S/C27H39N3O5S/c1-8-25(27(32)28-16-19(2)3)29(17-22-10-13-24(35-6)14-11-22)26(31)18-30(36(7,33)34)23-12-9-20(4)21(5)15-23/h9-15,19,25H,8,16-18H2,1-7H3,(H,28,32)/t25-/m0/s1. The van der Waals surface area contributed by atoms with Crippen LogP contribution in [0.5, 0.6) is 5.75 Å². The van der Waals surface area contributed by atoms with Crippen LogP contribution >= 0.6 is 0 Å². The van der Waals surface area contributed by atoms with Crippen molar-refractivity contribution < 1.29 is 22.7 Å². The molecule has 0 radical (unpaired) electrons. The molecule has 2 rings (SSSR count). The molecule has 0 heterocycles. The van der Waals surface area contributed by atoms with Crippen LogP contribution in [-0.2, 0) is 26.2 Å². The van der Waals surface area contributed by atoms with E-state index in [2.05, 4.69) is 5.32 Å². The molecule has 36 heavy (non-hydrogen) atoms. The van der Waals surface area contributed by atoms with E-state index >= 15 is 0 Å². The average Bonchev–Trinajstić information content (AvgIpc) is 2.82. The lowest BCUT2D eigenvalue weighted by Gasteiger charge is -2.33. The number of hydrogen-bond acceptors (Lipinski definition) is 5. The number of methoxy groups -OCH3 is 1. The fourth-order valence-corrected chi connectivity index (χ4v) is 4.61. The number of nitrogens with one attached hydrogen (secondary N) is 1. The van der Waals surface area contributed by atoms with E-state index in [0.717, 1.165) is 27.3 Å². The van der Waals surface area contributed by atoms with Crippen molar-refractivity contribution in [2.24, 2.45) is 5.92 Å². The highest BCUT2D eigenvalue weighted by atomic mass is 32.2. The van der Waals surface area contributed by atoms with Crippen molar-refractivity contribution in [1.29, 1.82) is 0 Å². The second kappa shape index (κ2) is 12.8. The molecule has 0 aromatic heterocycles. The summed E-state index contributed by atoms with van der Waals surface area (Å²) < 4.78 is 31.8. The average molecular weight is 518 g/mol. The molecule has 0 saturated carbocycles. The first-order valence-electron chi connectivity index (χ1n) is 12.1. The summed E-state index contributed by atoms with van der Waals surface area (Å²) in [6.45, 7) is 9.89. The van der Waals surface area contributed by atoms with Gasteiger partial charge < -0.3 is 15.0 Å². The maximum absolute atomic E-state index is 13.7. The lowest BCUT2D eigenvalue weighted by Crippen LogP contribution is -2.52. The summed E-state index contributed by atoms with van der Waals surface area (Å²) in [6, 6.07) is 11.8. The number of ether oxygens (including phenoxy) is 1. The minimum Gasteiger partial charge on any atom is -0.497 e. The molecule has 198 valence electrons. The molecule has 0 aliphatic carbocycles. The zero-order valence-electron chi connectivity index (χ0n) is 22.4. The van der Waals surface area contributed by atoms with Crippen molar-refractivity contribution in [2.45, 2.75) is 53.6 Å². The summed E-state index contributed by atoms with van der Waals surface area (Å²) in [4.78, 5) is 28.3. The van der Waals surface area contributed by atoms with E-state index in [9.17, 15) is 18.0 Å². The van der Waals surface area contributed by atoms with Crippen LogP contribution in [-0.4, -0.2) is 57.6 Å². The van der Waals surface area contributed by atoms with Gasteiger partial charge in [0.1, 0.15) is 18.3 Å². The van der Waals surface area contributed by atoms with Gasteiger partial charge in [-0.05, 0) is 67.1 Å². The van der Waals surface area contributed by atoms with Crippen LogP contribution < -0.4 is 14.4 Å². The third kappa shape index (κ3) is 7.98. The topological polar surface area (TPSA) is 96.0 Å². The van der Waals surface area contributed by atoms with E-state index in [-0.39, 0.29) is 18.4 Å². The predicted molar refractivity (Wildman–Crippen MR) is 144 cm³/mol. The highest BCUT2D eigenvalue weighted by molar-refractivity contribution is 7.92. The van der Waals surface area contributed by atoms with Crippen molar-refractivity contribution in [1.82, 2.24) is 10.2 Å². The van der Waals surface area contributed by atoms with Gasteiger partial charge in [-0.15, -0.1) is 0 Å². The number of hydrogen-bond donors (Lipinski definition) is 1. The molecule has 0 fully saturated rings. The monoisotopic (exact) mass is 517 g/mol. The fourth-order valence-electron chi connectivity index (χ4n) is 3.76. The third-order valence-corrected chi connectivity index (χ3v) is 7.18. The molecule has 2 amide bonds. The highest BCUT2D eigenvalue weighted by Crippen LogP contribution is 2.23. The number of carbonyl (C=O) groups excluding carboxylic acids is 2. The Bertz CT molecular complexity index is 1150. The van der Waals surface area contributed by atoms with Crippen molar-refractivity contribution in [2.75, 3.05) is 30.8 Å². The van der Waals surface area contributed by atoms with Gasteiger partial charge in [0.15, 0.2) is 0 Å². The Kier molecular flexibility index (Phi) is 10.3. The molecule has 0 unspecified atom stereocenters. The van der Waals surface area contributed by atoms with Crippen LogP contribution in [0.1, 0.15) is 43.9 Å². The normalized spacial score (nSPS) is 12.2. The lowest BCUT2D eigenvalue weighted by molar-refractivity contribution is -0.140. The summed E-state index contributed by atoms with van der Waals surface area (Å²) in [5.41, 5.74) is 3.16. The number of rotatable bonds is 12. The quantitative estimate of drug-likeness (QED) is 0.464. The molecule has 8 nitrogen and oxygen atoms in total. The minimum absolute atomic E-state index is 0.154. The van der Waals surface area contributed by atoms with E-state index in [0.29, 0.717) is 24.4 Å². The first-order valence-corrected chi connectivity index (χ1v) is 14.0. The number of benzene rings is 2. The summed E-state index contributed by atoms with van der Waals surface area (Å²) in [7, 11) is -2.19. The molecule has 1 N–H and O–H groups in total. The molecule has 0 aliphatic rings. The molecule has 0 aliphatic heterocycles. The number of nitrogens with zero attached hydrogens (tertiary/aromatic N) is 2. The van der Waals surface area contributed by atoms with Crippen LogP contribution in [0, 0.1) is 19.8 Å². The van der Waals surface area contributed by atoms with Crippen LogP contribution in [0.2, 0.25) is 0 Å². The number of aryl methyl sites for hydroxylation is 2. The van der Waals surface area contributed by atoms with Gasteiger partial charge in [0, 0.05) is 13.1 Å². The summed E-state index contributed by atoms with van der Waals surface area (Å²) in [5, 5.41) is 2.92. The first-order chi connectivity index (χ1) is 16.9. The van der Waals surface area contributed by atoms with Crippen molar-refractivity contribution in [3.05, 3.63) is 59.2 Å². The zero-order chi connectivity index (χ0) is 27.0. The van der Waals surface area contributed by atoms with Crippen LogP contribution in [0.3, 0.4) is 0 Å². The molecular formula is C27H39N3O5S. The molecular weight excluding hydrogens is 478 g/mol. The van der Waals surface area contributed by atoms with Gasteiger partial charge in [0.2, 0.25) is 21.8 Å². The van der Waals surface area contributed by atoms with Gasteiger partial charge in [-0.3, -0.25) is 13.9 Å². The Morgan fingerprint density at radius 1 is 1.03 bits per heavy atom. The predicted octanol–water partition coefficient (Wildman–Crippen LogP) is 3.66. The summed E-state index contributed by atoms with van der Waals surface area (Å²) in [6.07, 6.45) is 1.46. The van der Waals surface area contributed by atoms with Crippen LogP contribution in [0.15, 0.2) is 42.5 Å². The summed E-state index contributed by atoms with van der Waals surface area (Å²) >= 11 is 0. The Morgan fingerprint density at radius 3 is 2.17 bits per heavy atom. The maximum Gasteiger partial charge on any atom is 0.244 e. The largest absolute Gasteiger partial charge is 0.497 e. The zero-order valence-corrected chi connectivity index (χ0v) is 23.2. The first kappa shape index (κ1) is 29.2. The minimum atomic E-state index is -3.76. The summed E-state index contributed by atoms with van der Waals surface area (Å²) in [5.74, 6) is 0.213. The third-order valence-electron chi connectivity index (χ3n) is 6.04. The van der Waals surface area contributed by atoms with Gasteiger partial charge >= 0.3 is 0 Å². The SMILES string of the molecule is CC[C@@H](C(=O)NCC(C)C)N(Cc1ccc(OC)cc1)C(=O)CN(c1ccc(C)c(C)c1)S(C)(=O)=O. The molecule has 9 heteroatoms. The van der Waals surface area contributed by atoms with Gasteiger partial charge in [0.25, 0.3) is 0 Å². The van der Waals surface area contributed by atoms with E-state index in [1.165, 1.54) is 4.90 Å². The Balaban J connectivity index is 2.43. The molecule has 0 bridgehead atoms. The molecule has 2 aromatic rings. The maximum atomic E-state index is 13.7. The lowest BCUT2D eigenvalue weighted by atomic mass is 10.1. The van der Waals surface area contributed by atoms with E-state index in [1.807, 2.05) is 52.8 Å². The molecule has 1 atom stereocenters. The van der Waals surface area contributed by atoms with Crippen molar-refractivity contribution >= 4 is 27.5 Å². The van der Waals surface area contributed by atoms with Gasteiger partial charge in [-0.2, -0.15) is 0 Å². The van der Waals surface area contributed by atoms with Gasteiger partial charge in [-0.1, -0.05) is 39.0 Å². The molecule has 2 aromatic carbocycles. The smallest absolute Gasteiger partial charge is 0.244 e. The number of sulfonamides is 1. The Hall–Kier alpha value is -3.07. The van der Waals surface area contributed by atoms with E-state index in [1.54, 1.807) is 31.4 Å².